The molecule has 1 amide bonds. The van der Waals surface area contributed by atoms with E-state index in [2.05, 4.69) is 27.4 Å². The highest BCUT2D eigenvalue weighted by molar-refractivity contribution is 7.13. The number of carbonyl (C=O) groups excluding carboxylic acids is 1. The van der Waals surface area contributed by atoms with Crippen molar-refractivity contribution < 1.29 is 4.79 Å². The highest BCUT2D eigenvalue weighted by atomic mass is 32.1. The van der Waals surface area contributed by atoms with E-state index in [0.29, 0.717) is 18.9 Å². The highest BCUT2D eigenvalue weighted by Gasteiger charge is 2.24. The minimum absolute atomic E-state index is 0.129. The number of anilines is 2. The fourth-order valence-corrected chi connectivity index (χ4v) is 5.00. The first-order valence-electron chi connectivity index (χ1n) is 11.3. The van der Waals surface area contributed by atoms with E-state index in [1.165, 1.54) is 12.8 Å². The third-order valence-corrected chi connectivity index (χ3v) is 6.88. The summed E-state index contributed by atoms with van der Waals surface area (Å²) in [6, 6.07) is 18.2. The summed E-state index contributed by atoms with van der Waals surface area (Å²) in [4.78, 5) is 27.2. The van der Waals surface area contributed by atoms with E-state index in [1.54, 1.807) is 22.4 Å². The molecule has 7 heteroatoms. The van der Waals surface area contributed by atoms with Crippen LogP contribution in [-0.2, 0) is 13.1 Å². The van der Waals surface area contributed by atoms with Crippen molar-refractivity contribution in [3.63, 3.8) is 0 Å². The summed E-state index contributed by atoms with van der Waals surface area (Å²) in [7, 11) is 0. The van der Waals surface area contributed by atoms with Gasteiger partial charge >= 0.3 is 0 Å². The van der Waals surface area contributed by atoms with E-state index < -0.39 is 0 Å². The molecule has 33 heavy (non-hydrogen) atoms. The Labute approximate surface area is 198 Å². The SMILES string of the molecule is Cc1ccc(N(Cc2csc(N3CCCC3)n2)C(=O)c2nccn2Cc2ccccc2)cc1. The maximum atomic E-state index is 13.8. The molecule has 2 aromatic carbocycles. The Hall–Kier alpha value is -3.45. The Morgan fingerprint density at radius 1 is 1.06 bits per heavy atom. The topological polar surface area (TPSA) is 54.3 Å². The number of thiazole rings is 1. The highest BCUT2D eigenvalue weighted by Crippen LogP contribution is 2.27. The van der Waals surface area contributed by atoms with Crippen molar-refractivity contribution in [1.82, 2.24) is 14.5 Å². The molecule has 0 atom stereocenters. The number of carbonyl (C=O) groups is 1. The van der Waals surface area contributed by atoms with Gasteiger partial charge in [0.25, 0.3) is 5.91 Å². The van der Waals surface area contributed by atoms with Gasteiger partial charge in [-0.1, -0.05) is 48.0 Å². The van der Waals surface area contributed by atoms with E-state index >= 15 is 0 Å². The molecule has 168 valence electrons. The van der Waals surface area contributed by atoms with Gasteiger partial charge in [-0.05, 0) is 37.5 Å². The molecule has 0 N–H and O–H groups in total. The van der Waals surface area contributed by atoms with E-state index in [-0.39, 0.29) is 5.91 Å². The van der Waals surface area contributed by atoms with Crippen LogP contribution in [0.2, 0.25) is 0 Å². The number of amides is 1. The van der Waals surface area contributed by atoms with E-state index in [1.807, 2.05) is 60.2 Å². The minimum atomic E-state index is -0.129. The van der Waals surface area contributed by atoms with Gasteiger partial charge in [0, 0.05) is 43.1 Å². The van der Waals surface area contributed by atoms with Crippen molar-refractivity contribution in [2.24, 2.45) is 0 Å². The molecule has 0 spiro atoms. The van der Waals surface area contributed by atoms with E-state index in [0.717, 1.165) is 40.7 Å². The largest absolute Gasteiger partial charge is 0.348 e. The maximum Gasteiger partial charge on any atom is 0.294 e. The van der Waals surface area contributed by atoms with Gasteiger partial charge < -0.3 is 9.47 Å². The molecule has 1 saturated heterocycles. The zero-order valence-corrected chi connectivity index (χ0v) is 19.5. The van der Waals surface area contributed by atoms with Crippen LogP contribution in [0.1, 0.15) is 40.3 Å². The Morgan fingerprint density at radius 3 is 2.58 bits per heavy atom. The number of imidazole rings is 1. The number of hydrogen-bond donors (Lipinski definition) is 0. The third kappa shape index (κ3) is 4.83. The summed E-state index contributed by atoms with van der Waals surface area (Å²) in [6.07, 6.45) is 5.99. The first kappa shape index (κ1) is 21.4. The number of rotatable bonds is 7. The van der Waals surface area contributed by atoms with Gasteiger partial charge in [0.15, 0.2) is 11.0 Å². The quantitative estimate of drug-likeness (QED) is 0.385. The fraction of sp³-hybridized carbons (Fsp3) is 0.269. The van der Waals surface area contributed by atoms with Crippen molar-refractivity contribution in [2.75, 3.05) is 22.9 Å². The summed E-state index contributed by atoms with van der Waals surface area (Å²) in [5.41, 5.74) is 4.02. The molecule has 0 unspecified atom stereocenters. The van der Waals surface area contributed by atoms with Crippen LogP contribution in [0.25, 0.3) is 0 Å². The number of aromatic nitrogens is 3. The molecule has 0 saturated carbocycles. The van der Waals surface area contributed by atoms with Crippen LogP contribution in [-0.4, -0.2) is 33.5 Å². The number of aryl methyl sites for hydroxylation is 1. The molecule has 0 radical (unpaired) electrons. The van der Waals surface area contributed by atoms with Gasteiger partial charge in [0.05, 0.1) is 12.2 Å². The lowest BCUT2D eigenvalue weighted by molar-refractivity contribution is 0.0971. The first-order valence-corrected chi connectivity index (χ1v) is 12.2. The van der Waals surface area contributed by atoms with Gasteiger partial charge in [-0.2, -0.15) is 0 Å². The van der Waals surface area contributed by atoms with Crippen LogP contribution in [0.15, 0.2) is 72.4 Å². The summed E-state index contributed by atoms with van der Waals surface area (Å²) < 4.78 is 1.91. The Bertz CT molecular complexity index is 1210. The molecular formula is C26H27N5OS. The molecule has 0 bridgehead atoms. The van der Waals surface area contributed by atoms with Gasteiger partial charge in [-0.3, -0.25) is 9.69 Å². The Morgan fingerprint density at radius 2 is 1.82 bits per heavy atom. The van der Waals surface area contributed by atoms with Crippen molar-refractivity contribution in [3.8, 4) is 0 Å². The maximum absolute atomic E-state index is 13.8. The summed E-state index contributed by atoms with van der Waals surface area (Å²) in [5, 5.41) is 3.11. The predicted molar refractivity (Wildman–Crippen MR) is 133 cm³/mol. The molecule has 3 heterocycles. The first-order chi connectivity index (χ1) is 16.2. The van der Waals surface area contributed by atoms with Crippen LogP contribution in [0.4, 0.5) is 10.8 Å². The minimum Gasteiger partial charge on any atom is -0.348 e. The zero-order chi connectivity index (χ0) is 22.6. The second-order valence-electron chi connectivity index (χ2n) is 8.41. The Kier molecular flexibility index (Phi) is 6.21. The monoisotopic (exact) mass is 457 g/mol. The van der Waals surface area contributed by atoms with Crippen molar-refractivity contribution in [3.05, 3.63) is 95.0 Å². The van der Waals surface area contributed by atoms with E-state index in [9.17, 15) is 4.79 Å². The fourth-order valence-electron chi connectivity index (χ4n) is 4.13. The Balaban J connectivity index is 1.43. The number of benzene rings is 2. The van der Waals surface area contributed by atoms with Gasteiger partial charge in [-0.25, -0.2) is 9.97 Å². The van der Waals surface area contributed by atoms with Crippen LogP contribution < -0.4 is 9.80 Å². The molecular weight excluding hydrogens is 430 g/mol. The average molecular weight is 458 g/mol. The standard InChI is InChI=1S/C26H27N5OS/c1-20-9-11-23(12-10-20)31(18-22-19-33-26(28-22)29-14-5-6-15-29)25(32)24-27-13-16-30(24)17-21-7-3-2-4-8-21/h2-4,7-13,16,19H,5-6,14-15,17-18H2,1H3. The molecule has 1 aliphatic heterocycles. The molecule has 5 rings (SSSR count). The lowest BCUT2D eigenvalue weighted by Crippen LogP contribution is -2.33. The molecule has 4 aromatic rings. The second kappa shape index (κ2) is 9.58. The normalized spacial score (nSPS) is 13.4. The molecule has 1 aliphatic rings. The smallest absolute Gasteiger partial charge is 0.294 e. The van der Waals surface area contributed by atoms with Crippen LogP contribution in [0, 0.1) is 6.92 Å². The lowest BCUT2D eigenvalue weighted by Gasteiger charge is -2.22. The lowest BCUT2D eigenvalue weighted by atomic mass is 10.2. The van der Waals surface area contributed by atoms with Crippen LogP contribution >= 0.6 is 11.3 Å². The molecule has 2 aromatic heterocycles. The summed E-state index contributed by atoms with van der Waals surface area (Å²) in [5.74, 6) is 0.296. The van der Waals surface area contributed by atoms with Crippen molar-refractivity contribution in [2.45, 2.75) is 32.9 Å². The summed E-state index contributed by atoms with van der Waals surface area (Å²) in [6.45, 7) is 5.17. The van der Waals surface area contributed by atoms with E-state index in [4.69, 9.17) is 4.98 Å². The number of nitrogens with zero attached hydrogens (tertiary/aromatic N) is 5. The zero-order valence-electron chi connectivity index (χ0n) is 18.7. The van der Waals surface area contributed by atoms with Crippen LogP contribution in [0.5, 0.6) is 0 Å². The molecule has 1 fully saturated rings. The second-order valence-corrected chi connectivity index (χ2v) is 9.24. The third-order valence-electron chi connectivity index (χ3n) is 5.93. The predicted octanol–water partition coefficient (Wildman–Crippen LogP) is 5.14. The van der Waals surface area contributed by atoms with Crippen molar-refractivity contribution in [1.29, 1.82) is 0 Å². The average Bonchev–Trinajstić information content (AvgIpc) is 3.60. The number of hydrogen-bond acceptors (Lipinski definition) is 5. The van der Waals surface area contributed by atoms with Gasteiger partial charge in [0.1, 0.15) is 0 Å². The molecule has 6 nitrogen and oxygen atoms in total. The van der Waals surface area contributed by atoms with Crippen molar-refractivity contribution >= 4 is 28.1 Å². The summed E-state index contributed by atoms with van der Waals surface area (Å²) >= 11 is 1.66. The van der Waals surface area contributed by atoms with Crippen LogP contribution in [0.3, 0.4) is 0 Å². The molecule has 0 aliphatic carbocycles. The van der Waals surface area contributed by atoms with Gasteiger partial charge in [-0.15, -0.1) is 11.3 Å². The van der Waals surface area contributed by atoms with Gasteiger partial charge in [0.2, 0.25) is 0 Å².